The Morgan fingerprint density at radius 3 is 2.28 bits per heavy atom. The molecule has 0 bridgehead atoms. The van der Waals surface area contributed by atoms with E-state index >= 15 is 0 Å². The van der Waals surface area contributed by atoms with Gasteiger partial charge in [0.1, 0.15) is 19.0 Å². The van der Waals surface area contributed by atoms with Crippen molar-refractivity contribution in [3.8, 4) is 11.5 Å². The SMILES string of the molecule is CC(c1cc2c(cc1F)OCCO2)C(CN)CN. The molecular weight excluding hydrogens is 235 g/mol. The number of hydrogen-bond acceptors (Lipinski definition) is 4. The van der Waals surface area contributed by atoms with E-state index < -0.39 is 0 Å². The molecule has 0 fully saturated rings. The molecule has 18 heavy (non-hydrogen) atoms. The highest BCUT2D eigenvalue weighted by Gasteiger charge is 2.23. The third kappa shape index (κ3) is 2.42. The van der Waals surface area contributed by atoms with Gasteiger partial charge in [0.25, 0.3) is 0 Å². The van der Waals surface area contributed by atoms with Crippen LogP contribution in [0.15, 0.2) is 12.1 Å². The molecule has 100 valence electrons. The van der Waals surface area contributed by atoms with Gasteiger partial charge in [-0.25, -0.2) is 4.39 Å². The molecule has 2 rings (SSSR count). The molecule has 1 aromatic rings. The minimum absolute atomic E-state index is 0.0455. The maximum atomic E-state index is 14.0. The summed E-state index contributed by atoms with van der Waals surface area (Å²) in [5.41, 5.74) is 11.9. The monoisotopic (exact) mass is 254 g/mol. The first-order chi connectivity index (χ1) is 8.67. The molecule has 4 N–H and O–H groups in total. The molecule has 1 heterocycles. The van der Waals surface area contributed by atoms with Gasteiger partial charge in [-0.15, -0.1) is 0 Å². The zero-order chi connectivity index (χ0) is 13.1. The van der Waals surface area contributed by atoms with E-state index in [-0.39, 0.29) is 17.7 Å². The Kier molecular flexibility index (Phi) is 4.04. The van der Waals surface area contributed by atoms with Crippen molar-refractivity contribution in [3.63, 3.8) is 0 Å². The first-order valence-electron chi connectivity index (χ1n) is 6.16. The molecule has 0 aromatic heterocycles. The van der Waals surface area contributed by atoms with Crippen LogP contribution in [0.2, 0.25) is 0 Å². The molecule has 1 aliphatic rings. The summed E-state index contributed by atoms with van der Waals surface area (Å²) in [5.74, 6) is 0.778. The minimum Gasteiger partial charge on any atom is -0.486 e. The van der Waals surface area contributed by atoms with E-state index in [1.54, 1.807) is 6.07 Å². The molecule has 0 radical (unpaired) electrons. The number of hydrogen-bond donors (Lipinski definition) is 2. The molecule has 4 nitrogen and oxygen atoms in total. The third-order valence-electron chi connectivity index (χ3n) is 3.46. The smallest absolute Gasteiger partial charge is 0.164 e. The van der Waals surface area contributed by atoms with Crippen molar-refractivity contribution in [2.24, 2.45) is 17.4 Å². The summed E-state index contributed by atoms with van der Waals surface area (Å²) < 4.78 is 24.8. The van der Waals surface area contributed by atoms with Crippen molar-refractivity contribution in [3.05, 3.63) is 23.5 Å². The Morgan fingerprint density at radius 1 is 1.17 bits per heavy atom. The number of ether oxygens (including phenoxy) is 2. The molecule has 1 aromatic carbocycles. The van der Waals surface area contributed by atoms with Gasteiger partial charge in [0.15, 0.2) is 11.5 Å². The van der Waals surface area contributed by atoms with E-state index in [1.165, 1.54) is 6.07 Å². The zero-order valence-corrected chi connectivity index (χ0v) is 10.5. The second-order valence-corrected chi connectivity index (χ2v) is 4.54. The second-order valence-electron chi connectivity index (χ2n) is 4.54. The van der Waals surface area contributed by atoms with Gasteiger partial charge in [-0.2, -0.15) is 0 Å². The van der Waals surface area contributed by atoms with E-state index in [9.17, 15) is 4.39 Å². The van der Waals surface area contributed by atoms with Gasteiger partial charge >= 0.3 is 0 Å². The standard InChI is InChI=1S/C13H19FN2O2/c1-8(9(6-15)7-16)10-4-12-13(5-11(10)14)18-3-2-17-12/h4-5,8-9H,2-3,6-7,15-16H2,1H3. The van der Waals surface area contributed by atoms with Gasteiger partial charge in [-0.05, 0) is 36.6 Å². The van der Waals surface area contributed by atoms with Gasteiger partial charge < -0.3 is 20.9 Å². The minimum atomic E-state index is -0.293. The van der Waals surface area contributed by atoms with Crippen LogP contribution in [0.5, 0.6) is 11.5 Å². The number of rotatable bonds is 4. The van der Waals surface area contributed by atoms with Gasteiger partial charge in [0.05, 0.1) is 0 Å². The highest BCUT2D eigenvalue weighted by atomic mass is 19.1. The van der Waals surface area contributed by atoms with Crippen LogP contribution in [0.25, 0.3) is 0 Å². The second kappa shape index (κ2) is 5.54. The molecule has 0 saturated carbocycles. The zero-order valence-electron chi connectivity index (χ0n) is 10.5. The molecule has 1 unspecified atom stereocenters. The van der Waals surface area contributed by atoms with Crippen molar-refractivity contribution in [2.45, 2.75) is 12.8 Å². The van der Waals surface area contributed by atoms with Crippen LogP contribution < -0.4 is 20.9 Å². The summed E-state index contributed by atoms with van der Waals surface area (Å²) in [6, 6.07) is 3.08. The summed E-state index contributed by atoms with van der Waals surface area (Å²) >= 11 is 0. The fraction of sp³-hybridized carbons (Fsp3) is 0.538. The van der Waals surface area contributed by atoms with Gasteiger partial charge in [0, 0.05) is 6.07 Å². The maximum Gasteiger partial charge on any atom is 0.164 e. The summed E-state index contributed by atoms with van der Waals surface area (Å²) in [7, 11) is 0. The lowest BCUT2D eigenvalue weighted by Gasteiger charge is -2.24. The molecular formula is C13H19FN2O2. The van der Waals surface area contributed by atoms with E-state index in [2.05, 4.69) is 0 Å². The predicted octanol–water partition coefficient (Wildman–Crippen LogP) is 1.23. The fourth-order valence-electron chi connectivity index (χ4n) is 2.19. The number of nitrogens with two attached hydrogens (primary N) is 2. The normalized spacial score (nSPS) is 15.8. The lowest BCUT2D eigenvalue weighted by Crippen LogP contribution is -2.28. The molecule has 0 spiro atoms. The van der Waals surface area contributed by atoms with Crippen LogP contribution in [-0.4, -0.2) is 26.3 Å². The molecule has 0 saturated heterocycles. The van der Waals surface area contributed by atoms with Crippen molar-refractivity contribution in [2.75, 3.05) is 26.3 Å². The molecule has 0 aliphatic carbocycles. The summed E-state index contributed by atoms with van der Waals surface area (Å²) in [6.45, 7) is 3.75. The van der Waals surface area contributed by atoms with E-state index in [4.69, 9.17) is 20.9 Å². The third-order valence-corrected chi connectivity index (χ3v) is 3.46. The molecule has 0 amide bonds. The fourth-order valence-corrected chi connectivity index (χ4v) is 2.19. The van der Waals surface area contributed by atoms with Crippen LogP contribution in [0.4, 0.5) is 4.39 Å². The van der Waals surface area contributed by atoms with Crippen LogP contribution in [0, 0.1) is 11.7 Å². The Hall–Kier alpha value is -1.33. The van der Waals surface area contributed by atoms with Gasteiger partial charge in [-0.3, -0.25) is 0 Å². The Morgan fingerprint density at radius 2 is 1.72 bits per heavy atom. The highest BCUT2D eigenvalue weighted by Crippen LogP contribution is 2.36. The maximum absolute atomic E-state index is 14.0. The predicted molar refractivity (Wildman–Crippen MR) is 67.4 cm³/mol. The topological polar surface area (TPSA) is 70.5 Å². The lowest BCUT2D eigenvalue weighted by atomic mass is 9.87. The number of benzene rings is 1. The number of fused-ring (bicyclic) bond motifs is 1. The Bertz CT molecular complexity index is 422. The first-order valence-corrected chi connectivity index (χ1v) is 6.16. The van der Waals surface area contributed by atoms with Crippen molar-refractivity contribution in [1.82, 2.24) is 0 Å². The molecule has 1 atom stereocenters. The van der Waals surface area contributed by atoms with Crippen molar-refractivity contribution >= 4 is 0 Å². The van der Waals surface area contributed by atoms with Gasteiger partial charge in [-0.1, -0.05) is 6.92 Å². The molecule has 1 aliphatic heterocycles. The van der Waals surface area contributed by atoms with E-state index in [0.29, 0.717) is 43.4 Å². The van der Waals surface area contributed by atoms with Crippen molar-refractivity contribution in [1.29, 1.82) is 0 Å². The quantitative estimate of drug-likeness (QED) is 0.848. The molecule has 5 heteroatoms. The average molecular weight is 254 g/mol. The number of halogens is 1. The van der Waals surface area contributed by atoms with Gasteiger partial charge in [0.2, 0.25) is 0 Å². The highest BCUT2D eigenvalue weighted by molar-refractivity contribution is 5.45. The lowest BCUT2D eigenvalue weighted by molar-refractivity contribution is 0.170. The largest absolute Gasteiger partial charge is 0.486 e. The van der Waals surface area contributed by atoms with Crippen LogP contribution >= 0.6 is 0 Å². The Labute approximate surface area is 106 Å². The van der Waals surface area contributed by atoms with Crippen LogP contribution in [0.1, 0.15) is 18.4 Å². The van der Waals surface area contributed by atoms with E-state index in [1.807, 2.05) is 6.92 Å². The van der Waals surface area contributed by atoms with E-state index in [0.717, 1.165) is 0 Å². The van der Waals surface area contributed by atoms with Crippen LogP contribution in [0.3, 0.4) is 0 Å². The Balaban J connectivity index is 2.32. The average Bonchev–Trinajstić information content (AvgIpc) is 2.39. The summed E-state index contributed by atoms with van der Waals surface area (Å²) in [4.78, 5) is 0. The van der Waals surface area contributed by atoms with Crippen LogP contribution in [-0.2, 0) is 0 Å². The summed E-state index contributed by atoms with van der Waals surface area (Å²) in [5, 5.41) is 0. The first kappa shape index (κ1) is 13.1. The summed E-state index contributed by atoms with van der Waals surface area (Å²) in [6.07, 6.45) is 0. The van der Waals surface area contributed by atoms with Crippen molar-refractivity contribution < 1.29 is 13.9 Å².